The van der Waals surface area contributed by atoms with Gasteiger partial charge >= 0.3 is 0 Å². The van der Waals surface area contributed by atoms with Crippen molar-refractivity contribution < 1.29 is 13.2 Å². The average molecular weight is 284 g/mol. The zero-order valence-electron chi connectivity index (χ0n) is 11.3. The lowest BCUT2D eigenvalue weighted by atomic mass is 10.3. The quantitative estimate of drug-likeness (QED) is 0.898. The van der Waals surface area contributed by atoms with Gasteiger partial charge in [0.1, 0.15) is 5.75 Å². The van der Waals surface area contributed by atoms with Crippen molar-refractivity contribution in [1.82, 2.24) is 9.62 Å². The maximum atomic E-state index is 12.5. The third kappa shape index (κ3) is 3.26. The Labute approximate surface area is 114 Å². The smallest absolute Gasteiger partial charge is 0.243 e. The van der Waals surface area contributed by atoms with E-state index in [-0.39, 0.29) is 6.04 Å². The number of ether oxygens (including phenoxy) is 1. The van der Waals surface area contributed by atoms with Crippen molar-refractivity contribution in [3.05, 3.63) is 24.3 Å². The molecule has 1 aliphatic rings. The molecule has 0 aliphatic carbocycles. The second-order valence-electron chi connectivity index (χ2n) is 4.62. The highest BCUT2D eigenvalue weighted by atomic mass is 32.2. The number of benzene rings is 1. The van der Waals surface area contributed by atoms with Crippen molar-refractivity contribution >= 4 is 10.0 Å². The van der Waals surface area contributed by atoms with Crippen molar-refractivity contribution in [2.45, 2.75) is 24.8 Å². The molecule has 0 radical (unpaired) electrons. The Morgan fingerprint density at radius 1 is 1.37 bits per heavy atom. The van der Waals surface area contributed by atoms with Crippen LogP contribution in [0.4, 0.5) is 0 Å². The van der Waals surface area contributed by atoms with Gasteiger partial charge in [-0.2, -0.15) is 4.31 Å². The van der Waals surface area contributed by atoms with Gasteiger partial charge in [0.15, 0.2) is 0 Å². The van der Waals surface area contributed by atoms with Gasteiger partial charge < -0.3 is 10.1 Å². The van der Waals surface area contributed by atoms with Crippen LogP contribution in [0.15, 0.2) is 29.2 Å². The van der Waals surface area contributed by atoms with Gasteiger partial charge in [0.25, 0.3) is 0 Å². The molecule has 0 amide bonds. The molecule has 0 bridgehead atoms. The van der Waals surface area contributed by atoms with Crippen LogP contribution in [0.1, 0.15) is 13.8 Å². The van der Waals surface area contributed by atoms with Crippen molar-refractivity contribution in [1.29, 1.82) is 0 Å². The minimum Gasteiger partial charge on any atom is -0.494 e. The minimum atomic E-state index is -3.39. The van der Waals surface area contributed by atoms with Crippen molar-refractivity contribution in [3.8, 4) is 5.75 Å². The van der Waals surface area contributed by atoms with E-state index in [0.717, 1.165) is 0 Å². The first-order valence-electron chi connectivity index (χ1n) is 6.50. The standard InChI is InChI=1S/C13H20N2O3S/c1-3-18-12-4-6-13(7-5-12)19(16,17)15-9-8-14-11(2)10-15/h4-7,11,14H,3,8-10H2,1-2H3. The summed E-state index contributed by atoms with van der Waals surface area (Å²) in [7, 11) is -3.39. The lowest BCUT2D eigenvalue weighted by molar-refractivity contribution is 0.310. The molecule has 1 aromatic carbocycles. The Morgan fingerprint density at radius 3 is 2.63 bits per heavy atom. The largest absolute Gasteiger partial charge is 0.494 e. The average Bonchev–Trinajstić information content (AvgIpc) is 2.40. The Bertz CT molecular complexity index is 513. The number of nitrogens with one attached hydrogen (secondary N) is 1. The summed E-state index contributed by atoms with van der Waals surface area (Å²) in [6.45, 7) is 6.17. The highest BCUT2D eigenvalue weighted by Crippen LogP contribution is 2.20. The molecule has 1 fully saturated rings. The molecule has 1 N–H and O–H groups in total. The van der Waals surface area contributed by atoms with E-state index in [4.69, 9.17) is 4.74 Å². The maximum Gasteiger partial charge on any atom is 0.243 e. The zero-order chi connectivity index (χ0) is 13.9. The first kappa shape index (κ1) is 14.3. The molecule has 1 aliphatic heterocycles. The number of hydrogen-bond donors (Lipinski definition) is 1. The highest BCUT2D eigenvalue weighted by molar-refractivity contribution is 7.89. The van der Waals surface area contributed by atoms with Gasteiger partial charge in [-0.05, 0) is 38.1 Å². The molecule has 5 nitrogen and oxygen atoms in total. The van der Waals surface area contributed by atoms with E-state index in [1.807, 2.05) is 13.8 Å². The molecule has 1 atom stereocenters. The molecule has 0 saturated carbocycles. The number of sulfonamides is 1. The molecule has 19 heavy (non-hydrogen) atoms. The van der Waals surface area contributed by atoms with Gasteiger partial charge in [0.2, 0.25) is 10.0 Å². The van der Waals surface area contributed by atoms with E-state index in [1.165, 1.54) is 4.31 Å². The lowest BCUT2D eigenvalue weighted by Crippen LogP contribution is -2.51. The minimum absolute atomic E-state index is 0.186. The van der Waals surface area contributed by atoms with Crippen LogP contribution in [-0.4, -0.2) is 45.0 Å². The Morgan fingerprint density at radius 2 is 2.05 bits per heavy atom. The monoisotopic (exact) mass is 284 g/mol. The summed E-state index contributed by atoms with van der Waals surface area (Å²) >= 11 is 0. The topological polar surface area (TPSA) is 58.6 Å². The third-order valence-electron chi connectivity index (χ3n) is 3.10. The first-order chi connectivity index (χ1) is 9.04. The fourth-order valence-corrected chi connectivity index (χ4v) is 3.67. The van der Waals surface area contributed by atoms with Crippen molar-refractivity contribution in [2.24, 2.45) is 0 Å². The Hall–Kier alpha value is -1.11. The second kappa shape index (κ2) is 5.90. The number of hydrogen-bond acceptors (Lipinski definition) is 4. The molecule has 0 spiro atoms. The number of piperazine rings is 1. The Balaban J connectivity index is 2.18. The molecular weight excluding hydrogens is 264 g/mol. The second-order valence-corrected chi connectivity index (χ2v) is 6.56. The fraction of sp³-hybridized carbons (Fsp3) is 0.538. The summed E-state index contributed by atoms with van der Waals surface area (Å²) in [4.78, 5) is 0.324. The van der Waals surface area contributed by atoms with Crippen molar-refractivity contribution in [2.75, 3.05) is 26.2 Å². The first-order valence-corrected chi connectivity index (χ1v) is 7.94. The van der Waals surface area contributed by atoms with Gasteiger partial charge in [-0.15, -0.1) is 0 Å². The number of nitrogens with zero attached hydrogens (tertiary/aromatic N) is 1. The van der Waals surface area contributed by atoms with Crippen LogP contribution in [0.3, 0.4) is 0 Å². The highest BCUT2D eigenvalue weighted by Gasteiger charge is 2.28. The fourth-order valence-electron chi connectivity index (χ4n) is 2.14. The van der Waals surface area contributed by atoms with E-state index in [1.54, 1.807) is 24.3 Å². The molecule has 0 aromatic heterocycles. The van der Waals surface area contributed by atoms with Gasteiger partial charge in [-0.3, -0.25) is 0 Å². The third-order valence-corrected chi connectivity index (χ3v) is 4.98. The molecular formula is C13H20N2O3S. The number of rotatable bonds is 4. The summed E-state index contributed by atoms with van der Waals surface area (Å²) < 4.78 is 31.8. The molecule has 106 valence electrons. The van der Waals surface area contributed by atoms with E-state index in [2.05, 4.69) is 5.32 Å². The van der Waals surface area contributed by atoms with Gasteiger partial charge in [-0.1, -0.05) is 0 Å². The van der Waals surface area contributed by atoms with Crippen molar-refractivity contribution in [3.63, 3.8) is 0 Å². The normalized spacial score (nSPS) is 21.3. The van der Waals surface area contributed by atoms with Crippen LogP contribution in [0.2, 0.25) is 0 Å². The molecule has 2 rings (SSSR count). The molecule has 1 saturated heterocycles. The van der Waals surface area contributed by atoms with Crippen LogP contribution < -0.4 is 10.1 Å². The molecule has 1 unspecified atom stereocenters. The molecule has 6 heteroatoms. The molecule has 1 aromatic rings. The van der Waals surface area contributed by atoms with Crippen LogP contribution in [-0.2, 0) is 10.0 Å². The van der Waals surface area contributed by atoms with Crippen LogP contribution >= 0.6 is 0 Å². The van der Waals surface area contributed by atoms with Gasteiger partial charge in [0, 0.05) is 25.7 Å². The summed E-state index contributed by atoms with van der Waals surface area (Å²) in [5.74, 6) is 0.690. The lowest BCUT2D eigenvalue weighted by Gasteiger charge is -2.31. The molecule has 1 heterocycles. The Kier molecular flexibility index (Phi) is 4.44. The summed E-state index contributed by atoms with van der Waals surface area (Å²) in [5, 5.41) is 3.24. The van der Waals surface area contributed by atoms with E-state index in [0.29, 0.717) is 36.9 Å². The SMILES string of the molecule is CCOc1ccc(S(=O)(=O)N2CCNC(C)C2)cc1. The summed E-state index contributed by atoms with van der Waals surface area (Å²) in [6.07, 6.45) is 0. The predicted octanol–water partition coefficient (Wildman–Crippen LogP) is 1.07. The zero-order valence-corrected chi connectivity index (χ0v) is 12.1. The predicted molar refractivity (Wildman–Crippen MR) is 73.8 cm³/mol. The van der Waals surface area contributed by atoms with E-state index >= 15 is 0 Å². The van der Waals surface area contributed by atoms with Crippen LogP contribution in [0.5, 0.6) is 5.75 Å². The van der Waals surface area contributed by atoms with Gasteiger partial charge in [0.05, 0.1) is 11.5 Å². The van der Waals surface area contributed by atoms with Gasteiger partial charge in [-0.25, -0.2) is 8.42 Å². The van der Waals surface area contributed by atoms with E-state index < -0.39 is 10.0 Å². The van der Waals surface area contributed by atoms with Crippen LogP contribution in [0, 0.1) is 0 Å². The maximum absolute atomic E-state index is 12.5. The summed E-state index contributed by atoms with van der Waals surface area (Å²) in [6, 6.07) is 6.79. The summed E-state index contributed by atoms with van der Waals surface area (Å²) in [5.41, 5.74) is 0. The van der Waals surface area contributed by atoms with E-state index in [9.17, 15) is 8.42 Å². The van der Waals surface area contributed by atoms with Crippen LogP contribution in [0.25, 0.3) is 0 Å².